The average Bonchev–Trinajstić information content (AvgIpc) is 3.16. The number of phenols is 3. The first-order valence-corrected chi connectivity index (χ1v) is 11.0. The van der Waals surface area contributed by atoms with Gasteiger partial charge in [-0.2, -0.15) is 0 Å². The van der Waals surface area contributed by atoms with Crippen LogP contribution in [0.5, 0.6) is 28.7 Å². The van der Waals surface area contributed by atoms with Crippen molar-refractivity contribution in [2.45, 2.75) is 24.9 Å². The van der Waals surface area contributed by atoms with Crippen LogP contribution in [0.25, 0.3) is 10.8 Å². The van der Waals surface area contributed by atoms with Crippen molar-refractivity contribution in [1.82, 2.24) is 0 Å². The molecule has 1 unspecified atom stereocenters. The number of benzene rings is 2. The molecule has 3 aromatic rings. The monoisotopic (exact) mass is 524 g/mol. The molecule has 13 nitrogen and oxygen atoms in total. The Labute approximate surface area is 210 Å². The number of ether oxygens (including phenoxy) is 3. The van der Waals surface area contributed by atoms with Crippen LogP contribution in [0.1, 0.15) is 48.5 Å². The van der Waals surface area contributed by atoms with Gasteiger partial charge in [-0.3, -0.25) is 14.4 Å². The highest BCUT2D eigenvalue weighted by atomic mass is 16.7. The SMILES string of the molecule is COC1=CC(=O)c2c(O)c3c(c(O)c2C1=O)OC1(Oc2c(cc4cc(C)oc(=O)c4c2O)[C@@H](O)[C@@H]1O)C3=O. The fraction of sp³-hybridized carbons (Fsp3) is 0.200. The quantitative estimate of drug-likeness (QED) is 0.280. The van der Waals surface area contributed by atoms with Gasteiger partial charge in [0.1, 0.15) is 28.6 Å². The molecule has 1 spiro atoms. The predicted octanol–water partition coefficient (Wildman–Crippen LogP) is 0.886. The Kier molecular flexibility index (Phi) is 4.54. The molecular weight excluding hydrogens is 508 g/mol. The second-order valence-electron chi connectivity index (χ2n) is 8.90. The molecule has 2 aliphatic heterocycles. The Morgan fingerprint density at radius 3 is 2.26 bits per heavy atom. The van der Waals surface area contributed by atoms with Crippen LogP contribution in [0.4, 0.5) is 0 Å². The van der Waals surface area contributed by atoms with Crippen molar-refractivity contribution in [3.63, 3.8) is 0 Å². The largest absolute Gasteiger partial charge is 0.506 e. The number of fused-ring (bicyclic) bond motifs is 4. The fourth-order valence-corrected chi connectivity index (χ4v) is 5.02. The third-order valence-electron chi connectivity index (χ3n) is 6.77. The van der Waals surface area contributed by atoms with E-state index < -0.39 is 92.2 Å². The van der Waals surface area contributed by atoms with Crippen molar-refractivity contribution in [1.29, 1.82) is 0 Å². The number of carbonyl (C=O) groups is 3. The van der Waals surface area contributed by atoms with Crippen LogP contribution < -0.4 is 15.1 Å². The number of aliphatic hydroxyl groups is 2. The standard InChI is InChI=1S/C25H16O13/c1-6-3-7-4-8-15(27)23(33)25(37-20(8)18(30)11(7)24(34)36-6)22(32)14-17(29)12-9(26)5-10(35-2)16(28)13(12)19(31)21(14)38-25/h3-5,15,23,27,29-31,33H,1-2H3/t15-,23+,25?/m1/s1. The Morgan fingerprint density at radius 2 is 1.58 bits per heavy atom. The molecule has 0 bridgehead atoms. The predicted molar refractivity (Wildman–Crippen MR) is 122 cm³/mol. The third kappa shape index (κ3) is 2.65. The van der Waals surface area contributed by atoms with Crippen molar-refractivity contribution >= 4 is 28.1 Å². The molecule has 0 amide bonds. The molecule has 0 radical (unpaired) electrons. The minimum atomic E-state index is -2.91. The second kappa shape index (κ2) is 7.34. The van der Waals surface area contributed by atoms with Gasteiger partial charge in [0.2, 0.25) is 5.78 Å². The van der Waals surface area contributed by atoms with Gasteiger partial charge in [-0.25, -0.2) is 4.79 Å². The number of ketones is 3. The van der Waals surface area contributed by atoms with E-state index in [2.05, 4.69) is 0 Å². The summed E-state index contributed by atoms with van der Waals surface area (Å²) in [6.07, 6.45) is -3.42. The van der Waals surface area contributed by atoms with E-state index >= 15 is 0 Å². The molecule has 1 aromatic heterocycles. The zero-order chi connectivity index (χ0) is 27.4. The van der Waals surface area contributed by atoms with Gasteiger partial charge in [-0.05, 0) is 24.4 Å². The summed E-state index contributed by atoms with van der Waals surface area (Å²) < 4.78 is 21.0. The average molecular weight is 524 g/mol. The van der Waals surface area contributed by atoms with E-state index in [0.29, 0.717) is 0 Å². The summed E-state index contributed by atoms with van der Waals surface area (Å²) in [6, 6.07) is 2.63. The van der Waals surface area contributed by atoms with E-state index in [9.17, 15) is 44.7 Å². The molecule has 1 aliphatic carbocycles. The summed E-state index contributed by atoms with van der Waals surface area (Å²) in [5, 5.41) is 54.3. The number of hydrogen-bond acceptors (Lipinski definition) is 13. The van der Waals surface area contributed by atoms with Crippen LogP contribution in [0.15, 0.2) is 33.2 Å². The van der Waals surface area contributed by atoms with Crippen LogP contribution in [-0.2, 0) is 4.74 Å². The molecule has 6 rings (SSSR count). The zero-order valence-corrected chi connectivity index (χ0v) is 19.4. The molecule has 38 heavy (non-hydrogen) atoms. The summed E-state index contributed by atoms with van der Waals surface area (Å²) in [5.41, 5.74) is -3.42. The first-order valence-electron chi connectivity index (χ1n) is 11.0. The lowest BCUT2D eigenvalue weighted by atomic mass is 9.85. The van der Waals surface area contributed by atoms with Gasteiger partial charge in [0, 0.05) is 11.6 Å². The molecule has 194 valence electrons. The first-order chi connectivity index (χ1) is 17.9. The van der Waals surface area contributed by atoms with E-state index in [1.165, 1.54) is 19.1 Å². The number of aryl methyl sites for hydroxylation is 1. The van der Waals surface area contributed by atoms with Gasteiger partial charge in [0.25, 0.3) is 5.78 Å². The van der Waals surface area contributed by atoms with E-state index in [1.54, 1.807) is 0 Å². The summed E-state index contributed by atoms with van der Waals surface area (Å²) in [7, 11) is 1.10. The summed E-state index contributed by atoms with van der Waals surface area (Å²) >= 11 is 0. The van der Waals surface area contributed by atoms with E-state index in [-0.39, 0.29) is 22.1 Å². The van der Waals surface area contributed by atoms with Crippen LogP contribution in [0, 0.1) is 6.92 Å². The highest BCUT2D eigenvalue weighted by Crippen LogP contribution is 2.56. The Morgan fingerprint density at radius 1 is 0.895 bits per heavy atom. The van der Waals surface area contributed by atoms with Gasteiger partial charge < -0.3 is 44.2 Å². The minimum absolute atomic E-state index is 0.143. The van der Waals surface area contributed by atoms with Gasteiger partial charge in [-0.1, -0.05) is 0 Å². The lowest BCUT2D eigenvalue weighted by molar-refractivity contribution is -0.190. The van der Waals surface area contributed by atoms with Crippen molar-refractivity contribution in [2.75, 3.05) is 7.11 Å². The number of phenolic OH excluding ortho intramolecular Hbond substituents is 3. The highest BCUT2D eigenvalue weighted by Gasteiger charge is 2.64. The normalized spacial score (nSPS) is 23.5. The maximum Gasteiger partial charge on any atom is 0.347 e. The Balaban J connectivity index is 1.57. The molecule has 0 saturated carbocycles. The smallest absolute Gasteiger partial charge is 0.347 e. The van der Waals surface area contributed by atoms with E-state index in [4.69, 9.17) is 18.6 Å². The number of rotatable bonds is 1. The molecule has 3 aliphatic rings. The molecule has 3 heterocycles. The number of allylic oxidation sites excluding steroid dienone is 2. The number of carbonyl (C=O) groups excluding carboxylic acids is 3. The summed E-state index contributed by atoms with van der Waals surface area (Å²) in [5.74, 6) is -10.9. The van der Waals surface area contributed by atoms with Crippen molar-refractivity contribution in [3.05, 3.63) is 62.4 Å². The minimum Gasteiger partial charge on any atom is -0.506 e. The molecule has 13 heteroatoms. The van der Waals surface area contributed by atoms with Crippen LogP contribution >= 0.6 is 0 Å². The lowest BCUT2D eigenvalue weighted by Gasteiger charge is -2.39. The van der Waals surface area contributed by atoms with Crippen molar-refractivity contribution in [2.24, 2.45) is 0 Å². The summed E-state index contributed by atoms with van der Waals surface area (Å²) in [4.78, 5) is 51.4. The number of methoxy groups -OCH3 is 1. The van der Waals surface area contributed by atoms with Gasteiger partial charge in [0.05, 0.1) is 18.2 Å². The number of hydrogen-bond donors (Lipinski definition) is 5. The molecular formula is C25H16O13. The molecule has 5 N–H and O–H groups in total. The maximum atomic E-state index is 13.6. The molecule has 0 fully saturated rings. The number of aromatic hydroxyl groups is 3. The van der Waals surface area contributed by atoms with Gasteiger partial charge in [0.15, 0.2) is 40.6 Å². The molecule has 0 saturated heterocycles. The van der Waals surface area contributed by atoms with Crippen LogP contribution in [-0.4, -0.2) is 61.9 Å². The third-order valence-corrected chi connectivity index (χ3v) is 6.77. The zero-order valence-electron chi connectivity index (χ0n) is 19.4. The Hall–Kier alpha value is -4.88. The second-order valence-corrected chi connectivity index (χ2v) is 8.90. The van der Waals surface area contributed by atoms with Crippen LogP contribution in [0.3, 0.4) is 0 Å². The van der Waals surface area contributed by atoms with E-state index in [0.717, 1.165) is 13.2 Å². The maximum absolute atomic E-state index is 13.6. The summed E-state index contributed by atoms with van der Waals surface area (Å²) in [6.45, 7) is 1.48. The number of Topliss-reactive ketones (excluding diaryl/α,β-unsaturated/α-hetero) is 2. The topological polar surface area (TPSA) is 210 Å². The Bertz CT molecular complexity index is 1760. The number of aliphatic hydroxyl groups excluding tert-OH is 2. The molecule has 2 aromatic carbocycles. The molecule has 3 atom stereocenters. The highest BCUT2D eigenvalue weighted by molar-refractivity contribution is 6.28. The van der Waals surface area contributed by atoms with Gasteiger partial charge >= 0.3 is 11.4 Å². The van der Waals surface area contributed by atoms with Gasteiger partial charge in [-0.15, -0.1) is 0 Å². The first kappa shape index (κ1) is 23.5. The fourth-order valence-electron chi connectivity index (χ4n) is 5.02. The van der Waals surface area contributed by atoms with Crippen molar-refractivity contribution < 1.29 is 58.5 Å². The lowest BCUT2D eigenvalue weighted by Crippen LogP contribution is -2.60. The van der Waals surface area contributed by atoms with Crippen molar-refractivity contribution in [3.8, 4) is 28.7 Å². The van der Waals surface area contributed by atoms with E-state index in [1.807, 2.05) is 0 Å². The van der Waals surface area contributed by atoms with Crippen LogP contribution in [0.2, 0.25) is 0 Å².